The van der Waals surface area contributed by atoms with Crippen molar-refractivity contribution < 1.29 is 32.9 Å². The van der Waals surface area contributed by atoms with Gasteiger partial charge in [-0.3, -0.25) is 9.36 Å². The van der Waals surface area contributed by atoms with Gasteiger partial charge in [-0.1, -0.05) is 404 Å². The zero-order valence-electron chi connectivity index (χ0n) is 60.9. The maximum Gasteiger partial charge on any atom is 0.268 e. The van der Waals surface area contributed by atoms with E-state index in [-0.39, 0.29) is 19.1 Å². The Labute approximate surface area is 557 Å². The van der Waals surface area contributed by atoms with Crippen molar-refractivity contribution >= 4 is 13.7 Å². The van der Waals surface area contributed by atoms with E-state index in [1.54, 1.807) is 6.08 Å². The van der Waals surface area contributed by atoms with Crippen LogP contribution < -0.4 is 10.2 Å². The second-order valence-electron chi connectivity index (χ2n) is 29.1. The van der Waals surface area contributed by atoms with Gasteiger partial charge in [0.15, 0.2) is 0 Å². The van der Waals surface area contributed by atoms with Crippen LogP contribution in [0.1, 0.15) is 431 Å². The van der Waals surface area contributed by atoms with Gasteiger partial charge in [0.2, 0.25) is 5.91 Å². The molecule has 0 saturated heterocycles. The summed E-state index contributed by atoms with van der Waals surface area (Å²) in [4.78, 5) is 25.7. The number of nitrogens with one attached hydrogen (secondary N) is 1. The molecule has 0 fully saturated rings. The summed E-state index contributed by atoms with van der Waals surface area (Å²) in [5.41, 5.74) is 0. The average Bonchev–Trinajstić information content (AvgIpc) is 3.64. The first-order chi connectivity index (χ1) is 43.5. The Morgan fingerprint density at radius 3 is 0.876 bits per heavy atom. The van der Waals surface area contributed by atoms with Crippen molar-refractivity contribution in [2.24, 2.45) is 0 Å². The molecule has 2 N–H and O–H groups in total. The molecule has 8 nitrogen and oxygen atoms in total. The lowest BCUT2D eigenvalue weighted by Crippen LogP contribution is -2.45. The molecule has 9 heteroatoms. The maximum atomic E-state index is 13.1. The first-order valence-electron chi connectivity index (χ1n) is 40.2. The minimum Gasteiger partial charge on any atom is -0.756 e. The number of phosphoric ester groups is 1. The minimum absolute atomic E-state index is 0.00235. The van der Waals surface area contributed by atoms with Gasteiger partial charge in [0, 0.05) is 6.42 Å². The van der Waals surface area contributed by atoms with Crippen LogP contribution in [0.2, 0.25) is 0 Å². The van der Waals surface area contributed by atoms with Crippen LogP contribution in [0.4, 0.5) is 0 Å². The lowest BCUT2D eigenvalue weighted by atomic mass is 10.0. The fraction of sp³-hybridized carbons (Fsp3) is 0.938. The molecule has 0 aromatic rings. The number of unbranched alkanes of at least 4 members (excludes halogenated alkanes) is 61. The summed E-state index contributed by atoms with van der Waals surface area (Å²) in [5.74, 6) is -0.187. The first-order valence-corrected chi connectivity index (χ1v) is 41.7. The standard InChI is InChI=1S/C80H159N2O6P/c1-6-8-10-12-14-16-18-20-22-24-26-28-30-32-34-36-38-40-41-42-44-46-48-50-52-54-56-58-60-62-64-66-68-70-72-74-80(84)81-78(77-88-89(85,86)87-76-75-82(3,4)5)79(83)73-71-69-67-65-63-61-59-57-55-53-51-49-47-45-43-39-37-35-33-31-29-27-25-23-21-19-17-15-13-11-9-7-2/h24,26,71,73,78-79,83H,6-23,25,27-70,72,74-77H2,1-5H3,(H-,81,84,85,86)/b26-24-,73-71+. The van der Waals surface area contributed by atoms with Gasteiger partial charge < -0.3 is 28.8 Å². The number of hydrogen-bond acceptors (Lipinski definition) is 6. The predicted octanol–water partition coefficient (Wildman–Crippen LogP) is 25.5. The Hall–Kier alpha value is -1.02. The van der Waals surface area contributed by atoms with Crippen molar-refractivity contribution in [3.05, 3.63) is 24.3 Å². The van der Waals surface area contributed by atoms with Crippen LogP contribution in [-0.2, 0) is 18.4 Å². The highest BCUT2D eigenvalue weighted by Gasteiger charge is 2.23. The van der Waals surface area contributed by atoms with Crippen molar-refractivity contribution in [1.29, 1.82) is 0 Å². The normalized spacial score (nSPS) is 13.6. The molecule has 3 atom stereocenters. The molecule has 530 valence electrons. The quantitative estimate of drug-likeness (QED) is 0.0272. The van der Waals surface area contributed by atoms with Crippen LogP contribution in [0.25, 0.3) is 0 Å². The molecular formula is C80H159N2O6P. The number of carbonyl (C=O) groups is 1. The third-order valence-corrected chi connectivity index (χ3v) is 19.9. The van der Waals surface area contributed by atoms with Crippen molar-refractivity contribution in [1.82, 2.24) is 5.32 Å². The van der Waals surface area contributed by atoms with Gasteiger partial charge in [-0.2, -0.15) is 0 Å². The summed E-state index contributed by atoms with van der Waals surface area (Å²) in [6, 6.07) is -0.886. The molecule has 0 saturated carbocycles. The zero-order valence-corrected chi connectivity index (χ0v) is 61.8. The summed E-state index contributed by atoms with van der Waals surface area (Å²) in [6.45, 7) is 4.73. The Balaban J connectivity index is 3.94. The Kier molecular flexibility index (Phi) is 70.5. The number of aliphatic hydroxyl groups is 1. The molecule has 0 aromatic heterocycles. The van der Waals surface area contributed by atoms with E-state index in [0.717, 1.165) is 38.5 Å². The fourth-order valence-electron chi connectivity index (χ4n) is 12.7. The van der Waals surface area contributed by atoms with E-state index in [0.29, 0.717) is 17.4 Å². The van der Waals surface area contributed by atoms with E-state index >= 15 is 0 Å². The van der Waals surface area contributed by atoms with Crippen LogP contribution in [0.3, 0.4) is 0 Å². The fourth-order valence-corrected chi connectivity index (χ4v) is 13.4. The largest absolute Gasteiger partial charge is 0.756 e. The number of phosphoric acid groups is 1. The number of allylic oxidation sites excluding steroid dienone is 3. The molecular weight excluding hydrogens is 1120 g/mol. The van der Waals surface area contributed by atoms with Gasteiger partial charge >= 0.3 is 0 Å². The molecule has 0 heterocycles. The molecule has 0 rings (SSSR count). The number of hydrogen-bond donors (Lipinski definition) is 2. The molecule has 0 aliphatic heterocycles. The van der Waals surface area contributed by atoms with E-state index in [9.17, 15) is 19.4 Å². The first kappa shape index (κ1) is 88.0. The summed E-state index contributed by atoms with van der Waals surface area (Å²) < 4.78 is 23.5. The van der Waals surface area contributed by atoms with Gasteiger partial charge in [0.05, 0.1) is 39.9 Å². The highest BCUT2D eigenvalue weighted by atomic mass is 31.2. The van der Waals surface area contributed by atoms with E-state index in [1.165, 1.54) is 372 Å². The van der Waals surface area contributed by atoms with Crippen LogP contribution in [-0.4, -0.2) is 68.5 Å². The van der Waals surface area contributed by atoms with Crippen LogP contribution in [0.5, 0.6) is 0 Å². The number of rotatable bonds is 76. The Bertz CT molecular complexity index is 1500. The van der Waals surface area contributed by atoms with Crippen molar-refractivity contribution in [2.45, 2.75) is 443 Å². The maximum absolute atomic E-state index is 13.1. The van der Waals surface area contributed by atoms with Crippen molar-refractivity contribution in [2.75, 3.05) is 40.9 Å². The van der Waals surface area contributed by atoms with E-state index in [4.69, 9.17) is 9.05 Å². The van der Waals surface area contributed by atoms with Crippen LogP contribution >= 0.6 is 7.82 Å². The van der Waals surface area contributed by atoms with E-state index < -0.39 is 20.0 Å². The monoisotopic (exact) mass is 1280 g/mol. The highest BCUT2D eigenvalue weighted by molar-refractivity contribution is 7.45. The molecule has 0 aliphatic carbocycles. The molecule has 89 heavy (non-hydrogen) atoms. The van der Waals surface area contributed by atoms with Gasteiger partial charge in [-0.15, -0.1) is 0 Å². The molecule has 0 radical (unpaired) electrons. The number of carbonyl (C=O) groups excluding carboxylic acids is 1. The van der Waals surface area contributed by atoms with Crippen LogP contribution in [0, 0.1) is 0 Å². The van der Waals surface area contributed by atoms with Gasteiger partial charge in [-0.25, -0.2) is 0 Å². The minimum atomic E-state index is -4.61. The summed E-state index contributed by atoms with van der Waals surface area (Å²) in [7, 11) is 1.29. The summed E-state index contributed by atoms with van der Waals surface area (Å²) >= 11 is 0. The summed E-state index contributed by atoms with van der Waals surface area (Å²) in [5, 5.41) is 14.0. The van der Waals surface area contributed by atoms with Crippen molar-refractivity contribution in [3.63, 3.8) is 0 Å². The predicted molar refractivity (Wildman–Crippen MR) is 390 cm³/mol. The third kappa shape index (κ3) is 74.2. The van der Waals surface area contributed by atoms with Crippen LogP contribution in [0.15, 0.2) is 24.3 Å². The number of quaternary nitrogens is 1. The smallest absolute Gasteiger partial charge is 0.268 e. The second kappa shape index (κ2) is 71.3. The topological polar surface area (TPSA) is 108 Å². The van der Waals surface area contributed by atoms with Gasteiger partial charge in [-0.05, 0) is 44.9 Å². The second-order valence-corrected chi connectivity index (χ2v) is 30.5. The molecule has 0 spiro atoms. The lowest BCUT2D eigenvalue weighted by Gasteiger charge is -2.29. The van der Waals surface area contributed by atoms with E-state index in [1.807, 2.05) is 27.2 Å². The molecule has 0 aromatic carbocycles. The SMILES string of the molecule is CCCCCCCCCC/C=C\CCCCCCCCCCCCCCCCCCCCCCCCCC(=O)NC(COP(=O)([O-])OCC[N+](C)(C)C)C(O)/C=C/CCCCCCCCCCCCCCCCCCCCCCCCCCCCCCCC. The number of amides is 1. The number of likely N-dealkylation sites (N-methyl/N-ethyl adjacent to an activating group) is 1. The highest BCUT2D eigenvalue weighted by Crippen LogP contribution is 2.38. The summed E-state index contributed by atoms with van der Waals surface area (Å²) in [6.07, 6.45) is 94.9. The van der Waals surface area contributed by atoms with E-state index in [2.05, 4.69) is 31.3 Å². The van der Waals surface area contributed by atoms with Gasteiger partial charge in [0.25, 0.3) is 7.82 Å². The number of aliphatic hydroxyl groups excluding tert-OH is 1. The lowest BCUT2D eigenvalue weighted by molar-refractivity contribution is -0.870. The average molecular weight is 1280 g/mol. The molecule has 0 bridgehead atoms. The Morgan fingerprint density at radius 2 is 0.618 bits per heavy atom. The molecule has 0 aliphatic rings. The zero-order chi connectivity index (χ0) is 64.8. The number of nitrogens with zero attached hydrogens (tertiary/aromatic N) is 1. The van der Waals surface area contributed by atoms with Gasteiger partial charge in [0.1, 0.15) is 13.2 Å². The third-order valence-electron chi connectivity index (χ3n) is 18.9. The Morgan fingerprint density at radius 1 is 0.382 bits per heavy atom. The molecule has 1 amide bonds. The van der Waals surface area contributed by atoms with Crippen molar-refractivity contribution in [3.8, 4) is 0 Å². The molecule has 3 unspecified atom stereocenters.